The van der Waals surface area contributed by atoms with Crippen LogP contribution in [0.1, 0.15) is 17.7 Å². The molecule has 1 amide bonds. The maximum Gasteiger partial charge on any atom is 0.227 e. The van der Waals surface area contributed by atoms with Gasteiger partial charge in [0.2, 0.25) is 5.91 Å². The third-order valence-corrected chi connectivity index (χ3v) is 6.15. The summed E-state index contributed by atoms with van der Waals surface area (Å²) in [7, 11) is 0. The van der Waals surface area contributed by atoms with E-state index >= 15 is 0 Å². The third-order valence-electron chi connectivity index (χ3n) is 5.86. The summed E-state index contributed by atoms with van der Waals surface area (Å²) >= 11 is 5.83. The number of aromatic nitrogens is 2. The van der Waals surface area contributed by atoms with E-state index in [4.69, 9.17) is 11.6 Å². The molecule has 0 N–H and O–H groups in total. The number of fused-ring (bicyclic) bond motifs is 2. The molecule has 26 heavy (non-hydrogen) atoms. The van der Waals surface area contributed by atoms with Crippen molar-refractivity contribution in [1.82, 2.24) is 14.7 Å². The summed E-state index contributed by atoms with van der Waals surface area (Å²) in [4.78, 5) is 17.0. The van der Waals surface area contributed by atoms with Crippen LogP contribution in [0.15, 0.2) is 24.4 Å². The van der Waals surface area contributed by atoms with Crippen molar-refractivity contribution in [1.29, 1.82) is 0 Å². The third kappa shape index (κ3) is 2.76. The average Bonchev–Trinajstić information content (AvgIpc) is 3.05. The molecule has 1 saturated carbocycles. The van der Waals surface area contributed by atoms with Crippen LogP contribution in [-0.4, -0.2) is 40.2 Å². The molecular formula is C19H20ClFN4O. The molecule has 0 bridgehead atoms. The molecule has 2 aromatic rings. The Balaban J connectivity index is 1.31. The van der Waals surface area contributed by atoms with Gasteiger partial charge in [-0.15, -0.1) is 0 Å². The predicted octanol–water partition coefficient (Wildman–Crippen LogP) is 2.72. The number of piperidine rings is 1. The van der Waals surface area contributed by atoms with E-state index in [9.17, 15) is 9.18 Å². The molecule has 7 heteroatoms. The van der Waals surface area contributed by atoms with Crippen molar-refractivity contribution in [3.05, 3.63) is 46.5 Å². The van der Waals surface area contributed by atoms with Gasteiger partial charge in [0.15, 0.2) is 0 Å². The van der Waals surface area contributed by atoms with Gasteiger partial charge in [-0.1, -0.05) is 17.7 Å². The molecule has 0 spiro atoms. The minimum atomic E-state index is -0.460. The van der Waals surface area contributed by atoms with Gasteiger partial charge in [-0.05, 0) is 36.0 Å². The van der Waals surface area contributed by atoms with E-state index in [1.165, 1.54) is 24.2 Å². The molecule has 1 saturated heterocycles. The second-order valence-corrected chi connectivity index (χ2v) is 8.01. The standard InChI is InChI=1S/C19H20ClFN4O/c20-15-5-12(1-2-16(15)21)6-19(26)23-3-4-25-18(11-23)17(8-22-25)24-9-13-7-14(13)10-24/h1-2,5,8,13-14H,3-4,6-7,9-11H2. The van der Waals surface area contributed by atoms with Crippen molar-refractivity contribution in [3.8, 4) is 0 Å². The molecule has 5 nitrogen and oxygen atoms in total. The van der Waals surface area contributed by atoms with Gasteiger partial charge in [0.25, 0.3) is 0 Å². The summed E-state index contributed by atoms with van der Waals surface area (Å²) in [6.45, 7) is 4.17. The predicted molar refractivity (Wildman–Crippen MR) is 96.6 cm³/mol. The molecule has 1 aromatic carbocycles. The van der Waals surface area contributed by atoms with Gasteiger partial charge in [0.05, 0.1) is 42.1 Å². The number of carbonyl (C=O) groups is 1. The Bertz CT molecular complexity index is 872. The Hall–Kier alpha value is -2.08. The van der Waals surface area contributed by atoms with Crippen molar-refractivity contribution in [3.63, 3.8) is 0 Å². The van der Waals surface area contributed by atoms with Gasteiger partial charge >= 0.3 is 0 Å². The minimum Gasteiger partial charge on any atom is -0.368 e. The fourth-order valence-corrected chi connectivity index (χ4v) is 4.44. The molecule has 2 fully saturated rings. The van der Waals surface area contributed by atoms with Crippen LogP contribution in [0.5, 0.6) is 0 Å². The molecule has 3 heterocycles. The summed E-state index contributed by atoms with van der Waals surface area (Å²) in [5.74, 6) is 1.29. The highest BCUT2D eigenvalue weighted by atomic mass is 35.5. The smallest absolute Gasteiger partial charge is 0.227 e. The lowest BCUT2D eigenvalue weighted by Crippen LogP contribution is -2.40. The number of rotatable bonds is 3. The van der Waals surface area contributed by atoms with Crippen LogP contribution >= 0.6 is 11.6 Å². The largest absolute Gasteiger partial charge is 0.368 e. The van der Waals surface area contributed by atoms with Gasteiger partial charge in [-0.2, -0.15) is 5.10 Å². The Morgan fingerprint density at radius 3 is 2.85 bits per heavy atom. The molecule has 2 atom stereocenters. The second-order valence-electron chi connectivity index (χ2n) is 7.60. The monoisotopic (exact) mass is 374 g/mol. The Kier molecular flexibility index (Phi) is 3.71. The van der Waals surface area contributed by atoms with Gasteiger partial charge < -0.3 is 9.80 Å². The van der Waals surface area contributed by atoms with E-state index in [-0.39, 0.29) is 17.4 Å². The SMILES string of the molecule is O=C(Cc1ccc(F)c(Cl)c1)N1CCn2ncc(N3CC4CC4C3)c2C1. The summed E-state index contributed by atoms with van der Waals surface area (Å²) in [6.07, 6.45) is 3.55. The first-order valence-corrected chi connectivity index (χ1v) is 9.47. The zero-order chi connectivity index (χ0) is 17.8. The number of nitrogens with zero attached hydrogens (tertiary/aromatic N) is 4. The number of halogens is 2. The highest BCUT2D eigenvalue weighted by Gasteiger charge is 2.46. The molecule has 0 radical (unpaired) electrons. The fraction of sp³-hybridized carbons (Fsp3) is 0.474. The first-order chi connectivity index (χ1) is 12.6. The van der Waals surface area contributed by atoms with Crippen molar-refractivity contribution in [2.75, 3.05) is 24.5 Å². The molecule has 136 valence electrons. The second kappa shape index (κ2) is 5.98. The van der Waals surface area contributed by atoms with Crippen molar-refractivity contribution < 1.29 is 9.18 Å². The maximum atomic E-state index is 13.3. The Morgan fingerprint density at radius 1 is 1.27 bits per heavy atom. The number of hydrogen-bond acceptors (Lipinski definition) is 3. The summed E-state index contributed by atoms with van der Waals surface area (Å²) in [5.41, 5.74) is 3.04. The Labute approximate surface area is 156 Å². The zero-order valence-corrected chi connectivity index (χ0v) is 15.1. The number of benzene rings is 1. The quantitative estimate of drug-likeness (QED) is 0.829. The molecule has 1 aromatic heterocycles. The van der Waals surface area contributed by atoms with Crippen molar-refractivity contribution in [2.24, 2.45) is 11.8 Å². The molecule has 2 aliphatic heterocycles. The van der Waals surface area contributed by atoms with Gasteiger partial charge in [-0.25, -0.2) is 4.39 Å². The maximum absolute atomic E-state index is 13.3. The van der Waals surface area contributed by atoms with E-state index in [1.807, 2.05) is 15.8 Å². The van der Waals surface area contributed by atoms with Crippen LogP contribution in [-0.2, 0) is 24.3 Å². The average molecular weight is 375 g/mol. The summed E-state index contributed by atoms with van der Waals surface area (Å²) in [5, 5.41) is 4.58. The minimum absolute atomic E-state index is 0.0374. The summed E-state index contributed by atoms with van der Waals surface area (Å²) in [6, 6.07) is 4.47. The van der Waals surface area contributed by atoms with Crippen LogP contribution in [0.2, 0.25) is 5.02 Å². The molecule has 1 aliphatic carbocycles. The lowest BCUT2D eigenvalue weighted by molar-refractivity contribution is -0.131. The van der Waals surface area contributed by atoms with E-state index in [0.717, 1.165) is 36.2 Å². The van der Waals surface area contributed by atoms with Gasteiger partial charge in [-0.3, -0.25) is 9.48 Å². The first kappa shape index (κ1) is 16.1. The normalized spacial score (nSPS) is 23.8. The lowest BCUT2D eigenvalue weighted by atomic mass is 10.1. The number of carbonyl (C=O) groups excluding carboxylic acids is 1. The zero-order valence-electron chi connectivity index (χ0n) is 14.4. The van der Waals surface area contributed by atoms with Crippen LogP contribution in [0, 0.1) is 17.7 Å². The van der Waals surface area contributed by atoms with E-state index in [1.54, 1.807) is 6.07 Å². The van der Waals surface area contributed by atoms with Crippen LogP contribution < -0.4 is 4.90 Å². The highest BCUT2D eigenvalue weighted by molar-refractivity contribution is 6.30. The van der Waals surface area contributed by atoms with E-state index in [0.29, 0.717) is 19.6 Å². The topological polar surface area (TPSA) is 41.4 Å². The number of hydrogen-bond donors (Lipinski definition) is 0. The van der Waals surface area contributed by atoms with Crippen molar-refractivity contribution in [2.45, 2.75) is 25.9 Å². The van der Waals surface area contributed by atoms with Gasteiger partial charge in [0.1, 0.15) is 5.82 Å². The first-order valence-electron chi connectivity index (χ1n) is 9.10. The summed E-state index contributed by atoms with van der Waals surface area (Å²) < 4.78 is 15.3. The fourth-order valence-electron chi connectivity index (χ4n) is 4.24. The number of amides is 1. The Morgan fingerprint density at radius 2 is 2.08 bits per heavy atom. The highest BCUT2D eigenvalue weighted by Crippen LogP contribution is 2.47. The molecule has 2 unspecified atom stereocenters. The van der Waals surface area contributed by atoms with Gasteiger partial charge in [0, 0.05) is 19.6 Å². The van der Waals surface area contributed by atoms with Crippen molar-refractivity contribution >= 4 is 23.2 Å². The molecule has 5 rings (SSSR count). The van der Waals surface area contributed by atoms with E-state index in [2.05, 4.69) is 10.00 Å². The number of anilines is 1. The molecular weight excluding hydrogens is 355 g/mol. The van der Waals surface area contributed by atoms with Crippen LogP contribution in [0.3, 0.4) is 0 Å². The van der Waals surface area contributed by atoms with Crippen LogP contribution in [0.4, 0.5) is 10.1 Å². The lowest BCUT2D eigenvalue weighted by Gasteiger charge is -2.30. The van der Waals surface area contributed by atoms with Crippen LogP contribution in [0.25, 0.3) is 0 Å². The molecule has 3 aliphatic rings. The van der Waals surface area contributed by atoms with E-state index < -0.39 is 5.82 Å².